The minimum absolute atomic E-state index is 0.119. The first-order valence-corrected chi connectivity index (χ1v) is 6.22. The average molecular weight is 296 g/mol. The molecule has 2 bridgehead atoms. The molecule has 0 fully saturated rings. The molecule has 0 unspecified atom stereocenters. The molecular formula is C13H16N2O6. The highest BCUT2D eigenvalue weighted by Gasteiger charge is 2.29. The van der Waals surface area contributed by atoms with Crippen LogP contribution in [0.3, 0.4) is 0 Å². The van der Waals surface area contributed by atoms with Crippen LogP contribution in [0.25, 0.3) is 0 Å². The molecule has 0 aromatic heterocycles. The van der Waals surface area contributed by atoms with Gasteiger partial charge in [0.05, 0.1) is 5.69 Å². The number of fused-ring (bicyclic) bond motifs is 2. The average Bonchev–Trinajstić information content (AvgIpc) is 2.43. The van der Waals surface area contributed by atoms with E-state index in [-0.39, 0.29) is 6.73 Å². The van der Waals surface area contributed by atoms with Crippen LogP contribution in [0.5, 0.6) is 5.75 Å². The second-order valence-electron chi connectivity index (χ2n) is 4.67. The van der Waals surface area contributed by atoms with Gasteiger partial charge in [-0.15, -0.1) is 0 Å². The van der Waals surface area contributed by atoms with Crippen LogP contribution < -0.4 is 15.0 Å². The van der Waals surface area contributed by atoms with Gasteiger partial charge in [-0.05, 0) is 12.1 Å². The van der Waals surface area contributed by atoms with Crippen molar-refractivity contribution in [1.82, 2.24) is 5.32 Å². The molecule has 0 atom stereocenters. The van der Waals surface area contributed by atoms with Gasteiger partial charge in [-0.2, -0.15) is 0 Å². The molecule has 1 aliphatic rings. The van der Waals surface area contributed by atoms with E-state index >= 15 is 0 Å². The van der Waals surface area contributed by atoms with Crippen molar-refractivity contribution in [3.05, 3.63) is 24.3 Å². The maximum Gasteiger partial charge on any atom is 0.459 e. The summed E-state index contributed by atoms with van der Waals surface area (Å²) in [5.74, 6) is -0.374. The standard InChI is InChI=1S/C13H16N2O6/c1-13(2)18-8-15(12(17)21-20-11(16)14-3)9-5-4-6-10(7-9)19-13/h4-7H,8H2,1-3H3,(H,14,16). The van der Waals surface area contributed by atoms with Crippen LogP contribution in [0.2, 0.25) is 0 Å². The van der Waals surface area contributed by atoms with Gasteiger partial charge in [0.15, 0.2) is 0 Å². The van der Waals surface area contributed by atoms with Crippen molar-refractivity contribution < 1.29 is 28.8 Å². The van der Waals surface area contributed by atoms with E-state index in [0.717, 1.165) is 0 Å². The third-order valence-corrected chi connectivity index (χ3v) is 2.65. The fraction of sp³-hybridized carbons (Fsp3) is 0.385. The van der Waals surface area contributed by atoms with Crippen LogP contribution >= 0.6 is 0 Å². The Bertz CT molecular complexity index is 545. The van der Waals surface area contributed by atoms with Crippen LogP contribution in [0.15, 0.2) is 24.3 Å². The Kier molecular flexibility index (Phi) is 4.18. The van der Waals surface area contributed by atoms with E-state index in [1.807, 2.05) is 0 Å². The number of ether oxygens (including phenoxy) is 2. The third-order valence-electron chi connectivity index (χ3n) is 2.65. The van der Waals surface area contributed by atoms with E-state index in [1.165, 1.54) is 11.9 Å². The van der Waals surface area contributed by atoms with Gasteiger partial charge in [-0.25, -0.2) is 19.4 Å². The summed E-state index contributed by atoms with van der Waals surface area (Å²) in [6.45, 7) is 3.32. The molecule has 1 aromatic rings. The summed E-state index contributed by atoms with van der Waals surface area (Å²) in [7, 11) is 1.35. The SMILES string of the molecule is CNC(=O)OOC(=O)N1COC(C)(C)Oc2cccc1c2. The number of benzene rings is 1. The molecule has 2 rings (SSSR count). The van der Waals surface area contributed by atoms with Crippen molar-refractivity contribution in [3.8, 4) is 5.75 Å². The largest absolute Gasteiger partial charge is 0.463 e. The monoisotopic (exact) mass is 296 g/mol. The normalized spacial score (nSPS) is 16.0. The second-order valence-corrected chi connectivity index (χ2v) is 4.67. The Morgan fingerprint density at radius 2 is 2.10 bits per heavy atom. The first-order valence-electron chi connectivity index (χ1n) is 6.22. The molecule has 0 aliphatic carbocycles. The predicted molar refractivity (Wildman–Crippen MR) is 71.6 cm³/mol. The zero-order chi connectivity index (χ0) is 15.5. The lowest BCUT2D eigenvalue weighted by molar-refractivity contribution is -0.183. The highest BCUT2D eigenvalue weighted by Crippen LogP contribution is 2.28. The van der Waals surface area contributed by atoms with Crippen molar-refractivity contribution >= 4 is 17.9 Å². The lowest BCUT2D eigenvalue weighted by Crippen LogP contribution is -2.42. The fourth-order valence-electron chi connectivity index (χ4n) is 1.64. The molecule has 0 spiro atoms. The molecule has 1 heterocycles. The minimum Gasteiger partial charge on any atom is -0.463 e. The molecule has 114 valence electrons. The number of carbonyl (C=O) groups is 2. The van der Waals surface area contributed by atoms with Crippen LogP contribution in [0.1, 0.15) is 13.8 Å². The summed E-state index contributed by atoms with van der Waals surface area (Å²) >= 11 is 0. The van der Waals surface area contributed by atoms with Gasteiger partial charge in [0.2, 0.25) is 5.79 Å². The van der Waals surface area contributed by atoms with Crippen molar-refractivity contribution in [3.63, 3.8) is 0 Å². The summed E-state index contributed by atoms with van der Waals surface area (Å²) in [4.78, 5) is 32.8. The maximum atomic E-state index is 12.0. The topological polar surface area (TPSA) is 86.3 Å². The molecule has 8 nitrogen and oxygen atoms in total. The number of nitrogens with zero attached hydrogens (tertiary/aromatic N) is 1. The molecule has 1 aromatic carbocycles. The number of hydrogen-bond donors (Lipinski definition) is 1. The zero-order valence-corrected chi connectivity index (χ0v) is 11.9. The Hall–Kier alpha value is -2.48. The molecule has 1 N–H and O–H groups in total. The smallest absolute Gasteiger partial charge is 0.459 e. The lowest BCUT2D eigenvalue weighted by Gasteiger charge is -2.32. The number of amides is 2. The zero-order valence-electron chi connectivity index (χ0n) is 11.9. The number of anilines is 1. The Balaban J connectivity index is 2.17. The Morgan fingerprint density at radius 1 is 1.33 bits per heavy atom. The third kappa shape index (κ3) is 3.76. The quantitative estimate of drug-likeness (QED) is 0.582. The summed E-state index contributed by atoms with van der Waals surface area (Å²) < 4.78 is 11.1. The van der Waals surface area contributed by atoms with E-state index in [1.54, 1.807) is 38.1 Å². The van der Waals surface area contributed by atoms with Crippen molar-refractivity contribution in [2.75, 3.05) is 18.7 Å². The molecule has 21 heavy (non-hydrogen) atoms. The van der Waals surface area contributed by atoms with Gasteiger partial charge in [0, 0.05) is 27.0 Å². The number of nitrogens with one attached hydrogen (secondary N) is 1. The van der Waals surface area contributed by atoms with Crippen LogP contribution in [0.4, 0.5) is 15.3 Å². The molecule has 0 saturated carbocycles. The Morgan fingerprint density at radius 3 is 2.81 bits per heavy atom. The number of rotatable bonds is 0. The number of hydrogen-bond acceptors (Lipinski definition) is 6. The van der Waals surface area contributed by atoms with Gasteiger partial charge in [-0.3, -0.25) is 4.90 Å². The summed E-state index contributed by atoms with van der Waals surface area (Å²) in [5.41, 5.74) is 0.494. The minimum atomic E-state index is -0.917. The van der Waals surface area contributed by atoms with Gasteiger partial charge in [0.1, 0.15) is 12.5 Å². The highest BCUT2D eigenvalue weighted by atomic mass is 17.2. The van der Waals surface area contributed by atoms with Crippen molar-refractivity contribution in [2.24, 2.45) is 0 Å². The maximum absolute atomic E-state index is 12.0. The highest BCUT2D eigenvalue weighted by molar-refractivity contribution is 5.87. The molecule has 0 radical (unpaired) electrons. The van der Waals surface area contributed by atoms with Crippen LogP contribution in [0, 0.1) is 0 Å². The van der Waals surface area contributed by atoms with Gasteiger partial charge >= 0.3 is 12.2 Å². The molecule has 8 heteroatoms. The van der Waals surface area contributed by atoms with E-state index in [0.29, 0.717) is 11.4 Å². The first-order chi connectivity index (χ1) is 9.91. The first kappa shape index (κ1) is 14.9. The molecule has 0 saturated heterocycles. The predicted octanol–water partition coefficient (Wildman–Crippen LogP) is 2.00. The molecular weight excluding hydrogens is 280 g/mol. The van der Waals surface area contributed by atoms with E-state index < -0.39 is 18.0 Å². The lowest BCUT2D eigenvalue weighted by atomic mass is 10.2. The van der Waals surface area contributed by atoms with Crippen LogP contribution in [-0.2, 0) is 14.5 Å². The summed E-state index contributed by atoms with van der Waals surface area (Å²) in [5, 5.41) is 2.16. The van der Waals surface area contributed by atoms with E-state index in [9.17, 15) is 9.59 Å². The van der Waals surface area contributed by atoms with Crippen molar-refractivity contribution in [1.29, 1.82) is 0 Å². The molecule has 1 aliphatic heterocycles. The summed E-state index contributed by atoms with van der Waals surface area (Å²) in [6, 6.07) is 6.80. The number of carbonyl (C=O) groups excluding carboxylic acids is 2. The van der Waals surface area contributed by atoms with Gasteiger partial charge in [-0.1, -0.05) is 6.07 Å². The van der Waals surface area contributed by atoms with Crippen LogP contribution in [-0.4, -0.2) is 31.8 Å². The summed E-state index contributed by atoms with van der Waals surface area (Å²) in [6.07, 6.45) is -1.76. The van der Waals surface area contributed by atoms with Gasteiger partial charge in [0.25, 0.3) is 0 Å². The van der Waals surface area contributed by atoms with E-state index in [4.69, 9.17) is 9.47 Å². The van der Waals surface area contributed by atoms with E-state index in [2.05, 4.69) is 15.1 Å². The fourth-order valence-corrected chi connectivity index (χ4v) is 1.64. The molecule has 2 amide bonds. The van der Waals surface area contributed by atoms with Crippen molar-refractivity contribution in [2.45, 2.75) is 19.6 Å². The Labute approximate surface area is 121 Å². The van der Waals surface area contributed by atoms with Gasteiger partial charge < -0.3 is 14.8 Å². The second kappa shape index (κ2) is 5.88.